The van der Waals surface area contributed by atoms with E-state index in [4.69, 9.17) is 4.74 Å². The van der Waals surface area contributed by atoms with Crippen LogP contribution in [0.4, 0.5) is 0 Å². The van der Waals surface area contributed by atoms with Crippen molar-refractivity contribution in [3.8, 4) is 5.75 Å². The van der Waals surface area contributed by atoms with Gasteiger partial charge in [-0.1, -0.05) is 24.3 Å². The summed E-state index contributed by atoms with van der Waals surface area (Å²) in [6.45, 7) is 4.91. The molecule has 0 atom stereocenters. The summed E-state index contributed by atoms with van der Waals surface area (Å²) in [4.78, 5) is 2.45. The lowest BCUT2D eigenvalue weighted by atomic mass is 10.2. The maximum absolute atomic E-state index is 12.6. The van der Waals surface area contributed by atoms with E-state index in [1.54, 1.807) is 13.2 Å². The minimum atomic E-state index is -3.28. The number of nitrogens with zero attached hydrogens (tertiary/aromatic N) is 1. The van der Waals surface area contributed by atoms with Crippen LogP contribution in [-0.2, 0) is 16.4 Å². The third kappa shape index (κ3) is 4.82. The topological polar surface area (TPSA) is 46.6 Å². The molecule has 0 N–H and O–H groups in total. The Bertz CT molecular complexity index is 800. The Hall–Kier alpha value is -1.85. The second-order valence-electron chi connectivity index (χ2n) is 6.18. The summed E-state index contributed by atoms with van der Waals surface area (Å²) in [6, 6.07) is 13.4. The zero-order chi connectivity index (χ0) is 17.7. The molecule has 4 nitrogen and oxygen atoms in total. The molecule has 5 heteroatoms. The standard InChI is InChI=1S/C19H25NO3S/c1-15-8-9-16(2)19(12-15)24(21,22)11-10-20(3)14-17-6-5-7-18(13-17)23-4/h5-9,12-13H,10-11,14H2,1-4H3. The van der Waals surface area contributed by atoms with Crippen molar-refractivity contribution < 1.29 is 13.2 Å². The fourth-order valence-electron chi connectivity index (χ4n) is 2.59. The fraction of sp³-hybridized carbons (Fsp3) is 0.368. The predicted molar refractivity (Wildman–Crippen MR) is 97.3 cm³/mol. The van der Waals surface area contributed by atoms with Crippen LogP contribution in [0.5, 0.6) is 5.75 Å². The Balaban J connectivity index is 2.02. The van der Waals surface area contributed by atoms with Crippen LogP contribution in [0.1, 0.15) is 16.7 Å². The summed E-state index contributed by atoms with van der Waals surface area (Å²) in [7, 11) is 0.287. The highest BCUT2D eigenvalue weighted by Crippen LogP contribution is 2.19. The summed E-state index contributed by atoms with van der Waals surface area (Å²) in [5.41, 5.74) is 2.86. The van der Waals surface area contributed by atoms with Gasteiger partial charge in [-0.15, -0.1) is 0 Å². The summed E-state index contributed by atoms with van der Waals surface area (Å²) < 4.78 is 30.5. The van der Waals surface area contributed by atoms with Gasteiger partial charge >= 0.3 is 0 Å². The maximum Gasteiger partial charge on any atom is 0.179 e. The molecule has 0 aromatic heterocycles. The van der Waals surface area contributed by atoms with Crippen LogP contribution in [0.3, 0.4) is 0 Å². The van der Waals surface area contributed by atoms with Gasteiger partial charge < -0.3 is 9.64 Å². The fourth-order valence-corrected chi connectivity index (χ4v) is 4.29. The highest BCUT2D eigenvalue weighted by atomic mass is 32.2. The van der Waals surface area contributed by atoms with Gasteiger partial charge in [-0.3, -0.25) is 0 Å². The van der Waals surface area contributed by atoms with Crippen molar-refractivity contribution in [2.75, 3.05) is 26.5 Å². The third-order valence-electron chi connectivity index (χ3n) is 4.01. The minimum Gasteiger partial charge on any atom is -0.497 e. The van der Waals surface area contributed by atoms with E-state index < -0.39 is 9.84 Å². The van der Waals surface area contributed by atoms with Crippen LogP contribution in [0, 0.1) is 13.8 Å². The second-order valence-corrected chi connectivity index (χ2v) is 8.25. The maximum atomic E-state index is 12.6. The molecule has 0 fully saturated rings. The van der Waals surface area contributed by atoms with E-state index in [-0.39, 0.29) is 5.75 Å². The van der Waals surface area contributed by atoms with Gasteiger partial charge in [0.2, 0.25) is 0 Å². The Morgan fingerprint density at radius 1 is 1.08 bits per heavy atom. The number of benzene rings is 2. The molecule has 2 aromatic rings. The lowest BCUT2D eigenvalue weighted by Crippen LogP contribution is -2.25. The number of aryl methyl sites for hydroxylation is 2. The number of hydrogen-bond donors (Lipinski definition) is 0. The van der Waals surface area contributed by atoms with E-state index in [9.17, 15) is 8.42 Å². The van der Waals surface area contributed by atoms with Gasteiger partial charge in [0.15, 0.2) is 9.84 Å². The van der Waals surface area contributed by atoms with Crippen molar-refractivity contribution in [3.63, 3.8) is 0 Å². The largest absolute Gasteiger partial charge is 0.497 e. The lowest BCUT2D eigenvalue weighted by Gasteiger charge is -2.17. The molecule has 0 aliphatic heterocycles. The first-order valence-corrected chi connectivity index (χ1v) is 9.58. The number of rotatable bonds is 7. The normalized spacial score (nSPS) is 11.7. The third-order valence-corrected chi connectivity index (χ3v) is 5.84. The summed E-state index contributed by atoms with van der Waals surface area (Å²) >= 11 is 0. The van der Waals surface area contributed by atoms with Crippen LogP contribution in [0.25, 0.3) is 0 Å². The molecule has 0 aliphatic carbocycles. The van der Waals surface area contributed by atoms with Crippen molar-refractivity contribution in [3.05, 3.63) is 59.2 Å². The van der Waals surface area contributed by atoms with Crippen LogP contribution >= 0.6 is 0 Å². The molecular weight excluding hydrogens is 322 g/mol. The molecule has 0 amide bonds. The van der Waals surface area contributed by atoms with Gasteiger partial charge in [0.1, 0.15) is 5.75 Å². The van der Waals surface area contributed by atoms with Gasteiger partial charge in [0.05, 0.1) is 17.8 Å². The van der Waals surface area contributed by atoms with Gasteiger partial charge in [0.25, 0.3) is 0 Å². The summed E-state index contributed by atoms with van der Waals surface area (Å²) in [6.07, 6.45) is 0. The number of sulfone groups is 1. The quantitative estimate of drug-likeness (QED) is 0.771. The molecular formula is C19H25NO3S. The van der Waals surface area contributed by atoms with Crippen molar-refractivity contribution in [2.24, 2.45) is 0 Å². The summed E-state index contributed by atoms with van der Waals surface area (Å²) in [5, 5.41) is 0. The van der Waals surface area contributed by atoms with E-state index >= 15 is 0 Å². The molecule has 0 saturated heterocycles. The summed E-state index contributed by atoms with van der Waals surface area (Å²) in [5.74, 6) is 0.918. The minimum absolute atomic E-state index is 0.109. The number of ether oxygens (including phenoxy) is 1. The van der Waals surface area contributed by atoms with E-state index in [1.165, 1.54) is 0 Å². The molecule has 0 bridgehead atoms. The second kappa shape index (κ2) is 7.81. The Kier molecular flexibility index (Phi) is 6.02. The first-order chi connectivity index (χ1) is 11.3. The zero-order valence-corrected chi connectivity index (χ0v) is 15.6. The number of methoxy groups -OCH3 is 1. The van der Waals surface area contributed by atoms with Gasteiger partial charge in [0, 0.05) is 13.1 Å². The van der Waals surface area contributed by atoms with Crippen LogP contribution in [-0.4, -0.2) is 39.8 Å². The SMILES string of the molecule is COc1cccc(CN(C)CCS(=O)(=O)c2cc(C)ccc2C)c1. The predicted octanol–water partition coefficient (Wildman–Crippen LogP) is 3.22. The van der Waals surface area contributed by atoms with E-state index in [1.807, 2.05) is 62.2 Å². The van der Waals surface area contributed by atoms with Crippen molar-refractivity contribution >= 4 is 9.84 Å². The van der Waals surface area contributed by atoms with Gasteiger partial charge in [-0.05, 0) is 55.8 Å². The molecule has 2 aromatic carbocycles. The molecule has 0 saturated carbocycles. The van der Waals surface area contributed by atoms with Gasteiger partial charge in [-0.2, -0.15) is 0 Å². The van der Waals surface area contributed by atoms with E-state index in [0.717, 1.165) is 22.4 Å². The molecule has 0 radical (unpaired) electrons. The molecule has 0 aliphatic rings. The van der Waals surface area contributed by atoms with Crippen LogP contribution in [0.2, 0.25) is 0 Å². The first-order valence-electron chi connectivity index (χ1n) is 7.93. The Labute approximate surface area is 145 Å². The van der Waals surface area contributed by atoms with Crippen molar-refractivity contribution in [1.82, 2.24) is 4.90 Å². The Morgan fingerprint density at radius 2 is 1.83 bits per heavy atom. The van der Waals surface area contributed by atoms with Gasteiger partial charge in [-0.25, -0.2) is 8.42 Å². The molecule has 24 heavy (non-hydrogen) atoms. The first kappa shape index (κ1) is 18.5. The monoisotopic (exact) mass is 347 g/mol. The number of hydrogen-bond acceptors (Lipinski definition) is 4. The molecule has 0 unspecified atom stereocenters. The lowest BCUT2D eigenvalue weighted by molar-refractivity contribution is 0.344. The molecule has 130 valence electrons. The average molecular weight is 347 g/mol. The molecule has 2 rings (SSSR count). The van der Waals surface area contributed by atoms with Crippen LogP contribution < -0.4 is 4.74 Å². The van der Waals surface area contributed by atoms with Crippen molar-refractivity contribution in [1.29, 1.82) is 0 Å². The van der Waals surface area contributed by atoms with E-state index in [0.29, 0.717) is 18.0 Å². The Morgan fingerprint density at radius 3 is 2.54 bits per heavy atom. The highest BCUT2D eigenvalue weighted by molar-refractivity contribution is 7.91. The van der Waals surface area contributed by atoms with Crippen LogP contribution in [0.15, 0.2) is 47.4 Å². The molecule has 0 spiro atoms. The average Bonchev–Trinajstić information content (AvgIpc) is 2.55. The zero-order valence-electron chi connectivity index (χ0n) is 14.7. The highest BCUT2D eigenvalue weighted by Gasteiger charge is 2.18. The van der Waals surface area contributed by atoms with E-state index in [2.05, 4.69) is 0 Å². The molecule has 0 heterocycles. The van der Waals surface area contributed by atoms with Crippen molar-refractivity contribution in [2.45, 2.75) is 25.3 Å². The smallest absolute Gasteiger partial charge is 0.179 e.